The Balaban J connectivity index is 1.91. The molecule has 2 fully saturated rings. The predicted octanol–water partition coefficient (Wildman–Crippen LogP) is 0.566. The fourth-order valence-electron chi connectivity index (χ4n) is 3.01. The highest BCUT2D eigenvalue weighted by molar-refractivity contribution is 5.83. The van der Waals surface area contributed by atoms with E-state index in [-0.39, 0.29) is 17.9 Å². The lowest BCUT2D eigenvalue weighted by molar-refractivity contribution is -0.122. The number of carbonyl (C=O) groups is 1. The maximum atomic E-state index is 11.7. The summed E-state index contributed by atoms with van der Waals surface area (Å²) in [6.45, 7) is 1.70. The zero-order valence-electron chi connectivity index (χ0n) is 10.2. The number of amides is 1. The number of hydrogen-bond donors (Lipinski definition) is 3. The van der Waals surface area contributed by atoms with Gasteiger partial charge in [-0.2, -0.15) is 0 Å². The van der Waals surface area contributed by atoms with Gasteiger partial charge in [-0.25, -0.2) is 0 Å². The summed E-state index contributed by atoms with van der Waals surface area (Å²) in [4.78, 5) is 14.0. The first kappa shape index (κ1) is 11.2. The van der Waals surface area contributed by atoms with Crippen molar-refractivity contribution in [3.8, 4) is 0 Å². The van der Waals surface area contributed by atoms with Crippen LogP contribution >= 0.6 is 0 Å². The molecule has 0 bridgehead atoms. The molecule has 5 N–H and O–H groups in total. The molecular formula is C13H18N4O. The molecule has 2 saturated heterocycles. The Bertz CT molecular complexity index is 488. The molecule has 18 heavy (non-hydrogen) atoms. The highest BCUT2D eigenvalue weighted by atomic mass is 16.2. The van der Waals surface area contributed by atoms with E-state index in [0.717, 1.165) is 31.6 Å². The molecule has 2 aliphatic rings. The zero-order valence-corrected chi connectivity index (χ0v) is 10.2. The molecule has 2 heterocycles. The Labute approximate surface area is 106 Å². The molecule has 5 nitrogen and oxygen atoms in total. The van der Waals surface area contributed by atoms with Crippen molar-refractivity contribution < 1.29 is 4.79 Å². The van der Waals surface area contributed by atoms with Crippen LogP contribution in [0, 0.1) is 5.92 Å². The molecule has 96 valence electrons. The van der Waals surface area contributed by atoms with Crippen LogP contribution in [0.2, 0.25) is 0 Å². The van der Waals surface area contributed by atoms with Gasteiger partial charge in [-0.3, -0.25) is 4.79 Å². The van der Waals surface area contributed by atoms with E-state index in [1.807, 2.05) is 18.2 Å². The van der Waals surface area contributed by atoms with E-state index in [4.69, 9.17) is 11.5 Å². The van der Waals surface area contributed by atoms with Gasteiger partial charge >= 0.3 is 0 Å². The Hall–Kier alpha value is -1.91. The number of benzene rings is 1. The quantitative estimate of drug-likeness (QED) is 0.632. The standard InChI is InChI=1S/C13H18N4O/c14-10-4-3-8(6-11(10)15)17-5-1-2-9-12(17)7-16-13(9)18/h3-4,6,9,12H,1-2,5,7,14-15H2,(H,16,18). The predicted molar refractivity (Wildman–Crippen MR) is 72.1 cm³/mol. The second-order valence-corrected chi connectivity index (χ2v) is 5.07. The number of rotatable bonds is 1. The molecule has 0 spiro atoms. The first-order valence-corrected chi connectivity index (χ1v) is 6.36. The molecule has 0 radical (unpaired) electrons. The van der Waals surface area contributed by atoms with Crippen molar-refractivity contribution in [1.82, 2.24) is 5.32 Å². The largest absolute Gasteiger partial charge is 0.397 e. The van der Waals surface area contributed by atoms with Crippen molar-refractivity contribution in [3.63, 3.8) is 0 Å². The van der Waals surface area contributed by atoms with Gasteiger partial charge in [0.1, 0.15) is 0 Å². The molecule has 2 atom stereocenters. The highest BCUT2D eigenvalue weighted by Crippen LogP contribution is 2.33. The number of nitrogens with zero attached hydrogens (tertiary/aromatic N) is 1. The molecule has 0 saturated carbocycles. The lowest BCUT2D eigenvalue weighted by Gasteiger charge is -2.37. The molecule has 5 heteroatoms. The van der Waals surface area contributed by atoms with Crippen LogP contribution in [0.3, 0.4) is 0 Å². The maximum absolute atomic E-state index is 11.7. The smallest absolute Gasteiger partial charge is 0.225 e. The van der Waals surface area contributed by atoms with Crippen molar-refractivity contribution in [1.29, 1.82) is 0 Å². The van der Waals surface area contributed by atoms with E-state index in [2.05, 4.69) is 10.2 Å². The van der Waals surface area contributed by atoms with E-state index in [0.29, 0.717) is 11.4 Å². The van der Waals surface area contributed by atoms with E-state index in [1.54, 1.807) is 0 Å². The molecule has 2 unspecified atom stereocenters. The Morgan fingerprint density at radius 3 is 2.89 bits per heavy atom. The van der Waals surface area contributed by atoms with Crippen molar-refractivity contribution >= 4 is 23.0 Å². The van der Waals surface area contributed by atoms with Crippen LogP contribution in [-0.4, -0.2) is 25.0 Å². The number of nitrogens with two attached hydrogens (primary N) is 2. The minimum Gasteiger partial charge on any atom is -0.397 e. The second-order valence-electron chi connectivity index (χ2n) is 5.07. The number of nitrogen functional groups attached to an aromatic ring is 2. The molecule has 3 rings (SSSR count). The van der Waals surface area contributed by atoms with Crippen LogP contribution in [0.15, 0.2) is 18.2 Å². The monoisotopic (exact) mass is 246 g/mol. The lowest BCUT2D eigenvalue weighted by atomic mass is 9.91. The zero-order chi connectivity index (χ0) is 12.7. The number of fused-ring (bicyclic) bond motifs is 1. The van der Waals surface area contributed by atoms with Gasteiger partial charge in [0.15, 0.2) is 0 Å². The topological polar surface area (TPSA) is 84.4 Å². The van der Waals surface area contributed by atoms with Gasteiger partial charge in [-0.05, 0) is 31.0 Å². The number of anilines is 3. The van der Waals surface area contributed by atoms with Crippen molar-refractivity contribution in [3.05, 3.63) is 18.2 Å². The average Bonchev–Trinajstić information content (AvgIpc) is 2.75. The van der Waals surface area contributed by atoms with Gasteiger partial charge in [0.2, 0.25) is 5.91 Å². The van der Waals surface area contributed by atoms with Crippen molar-refractivity contribution in [2.75, 3.05) is 29.5 Å². The minimum atomic E-state index is 0.123. The molecule has 2 aliphatic heterocycles. The Morgan fingerprint density at radius 1 is 1.28 bits per heavy atom. The lowest BCUT2D eigenvalue weighted by Crippen LogP contribution is -2.45. The molecule has 1 amide bonds. The van der Waals surface area contributed by atoms with Gasteiger partial charge in [0.05, 0.1) is 23.3 Å². The third-order valence-electron chi connectivity index (χ3n) is 4.00. The van der Waals surface area contributed by atoms with Crippen LogP contribution < -0.4 is 21.7 Å². The van der Waals surface area contributed by atoms with E-state index < -0.39 is 0 Å². The van der Waals surface area contributed by atoms with E-state index >= 15 is 0 Å². The highest BCUT2D eigenvalue weighted by Gasteiger charge is 2.40. The average molecular weight is 246 g/mol. The summed E-state index contributed by atoms with van der Waals surface area (Å²) in [6, 6.07) is 5.98. The van der Waals surface area contributed by atoms with Gasteiger partial charge in [0, 0.05) is 18.8 Å². The van der Waals surface area contributed by atoms with E-state index in [9.17, 15) is 4.79 Å². The summed E-state index contributed by atoms with van der Waals surface area (Å²) in [7, 11) is 0. The Morgan fingerprint density at radius 2 is 2.11 bits per heavy atom. The summed E-state index contributed by atoms with van der Waals surface area (Å²) in [5, 5.41) is 2.95. The summed E-state index contributed by atoms with van der Waals surface area (Å²) in [5.74, 6) is 0.311. The first-order chi connectivity index (χ1) is 8.66. The van der Waals surface area contributed by atoms with Crippen LogP contribution in [0.25, 0.3) is 0 Å². The van der Waals surface area contributed by atoms with Crippen LogP contribution in [0.5, 0.6) is 0 Å². The summed E-state index contributed by atoms with van der Waals surface area (Å²) in [5.41, 5.74) is 13.9. The van der Waals surface area contributed by atoms with Crippen LogP contribution in [0.1, 0.15) is 12.8 Å². The molecule has 0 aliphatic carbocycles. The van der Waals surface area contributed by atoms with E-state index in [1.165, 1.54) is 0 Å². The fraction of sp³-hybridized carbons (Fsp3) is 0.462. The van der Waals surface area contributed by atoms with Crippen LogP contribution in [0.4, 0.5) is 17.1 Å². The molecule has 0 aromatic heterocycles. The fourth-order valence-corrected chi connectivity index (χ4v) is 3.01. The number of carbonyl (C=O) groups excluding carboxylic acids is 1. The number of nitrogens with one attached hydrogen (secondary N) is 1. The van der Waals surface area contributed by atoms with Gasteiger partial charge in [-0.15, -0.1) is 0 Å². The molecular weight excluding hydrogens is 228 g/mol. The third-order valence-corrected chi connectivity index (χ3v) is 4.00. The second kappa shape index (κ2) is 4.08. The normalized spacial score (nSPS) is 26.9. The molecule has 1 aromatic rings. The summed E-state index contributed by atoms with van der Waals surface area (Å²) < 4.78 is 0. The van der Waals surface area contributed by atoms with Gasteiger partial charge in [0.25, 0.3) is 0 Å². The molecule has 1 aromatic carbocycles. The maximum Gasteiger partial charge on any atom is 0.225 e. The van der Waals surface area contributed by atoms with Gasteiger partial charge in [-0.1, -0.05) is 0 Å². The summed E-state index contributed by atoms with van der Waals surface area (Å²) in [6.07, 6.45) is 2.02. The van der Waals surface area contributed by atoms with Crippen molar-refractivity contribution in [2.24, 2.45) is 5.92 Å². The SMILES string of the molecule is Nc1ccc(N2CCCC3C(=O)NCC32)cc1N. The van der Waals surface area contributed by atoms with Crippen molar-refractivity contribution in [2.45, 2.75) is 18.9 Å². The third kappa shape index (κ3) is 1.66. The Kier molecular flexibility index (Phi) is 2.54. The minimum absolute atomic E-state index is 0.123. The van der Waals surface area contributed by atoms with Crippen LogP contribution in [-0.2, 0) is 4.79 Å². The summed E-state index contributed by atoms with van der Waals surface area (Å²) >= 11 is 0. The van der Waals surface area contributed by atoms with Gasteiger partial charge < -0.3 is 21.7 Å². The number of hydrogen-bond acceptors (Lipinski definition) is 4. The first-order valence-electron chi connectivity index (χ1n) is 6.36. The number of piperidine rings is 1.